The van der Waals surface area contributed by atoms with Gasteiger partial charge in [-0.2, -0.15) is 31.0 Å². The van der Waals surface area contributed by atoms with Gasteiger partial charge in [-0.1, -0.05) is 6.92 Å². The summed E-state index contributed by atoms with van der Waals surface area (Å²) in [5.74, 6) is 1.42. The molecule has 0 aromatic carbocycles. The third-order valence-corrected chi connectivity index (χ3v) is 0.990. The topological polar surface area (TPSA) is 59.9 Å². The average Bonchev–Trinajstić information content (AvgIpc) is 2.34. The molecular formula is C12H19N2O2Ru. The van der Waals surface area contributed by atoms with Gasteiger partial charge in [0.25, 0.3) is 0 Å². The van der Waals surface area contributed by atoms with Gasteiger partial charge in [-0.25, -0.2) is 0 Å². The maximum atomic E-state index is 7.75. The maximum Gasteiger partial charge on any atom is 3.00 e. The van der Waals surface area contributed by atoms with Crippen LogP contribution in [0.2, 0.25) is 0 Å². The molecule has 0 N–H and O–H groups in total. The van der Waals surface area contributed by atoms with Gasteiger partial charge in [-0.05, 0) is 18.6 Å². The average molecular weight is 324 g/mol. The molecule has 0 aliphatic rings. The van der Waals surface area contributed by atoms with Gasteiger partial charge in [-0.15, -0.1) is 0 Å². The van der Waals surface area contributed by atoms with Gasteiger partial charge in [0.15, 0.2) is 0 Å². The van der Waals surface area contributed by atoms with Gasteiger partial charge in [-0.3, -0.25) is 13.6 Å². The quantitative estimate of drug-likeness (QED) is 0.451. The zero-order valence-electron chi connectivity index (χ0n) is 10.7. The number of hydrogen-bond acceptors (Lipinski definition) is 4. The van der Waals surface area contributed by atoms with Crippen molar-refractivity contribution < 1.29 is 29.1 Å². The molecule has 0 fully saturated rings. The van der Waals surface area contributed by atoms with Crippen LogP contribution in [0.3, 0.4) is 0 Å². The first kappa shape index (κ1) is 25.0. The first-order valence-corrected chi connectivity index (χ1v) is 4.67. The third-order valence-electron chi connectivity index (χ3n) is 0.990. The van der Waals surface area contributed by atoms with Crippen molar-refractivity contribution >= 4 is 13.6 Å². The molecule has 1 aromatic heterocycles. The molecule has 0 bridgehead atoms. The molecule has 0 unspecified atom stereocenters. The van der Waals surface area contributed by atoms with Crippen molar-refractivity contribution in [3.05, 3.63) is 29.9 Å². The number of nitrogens with zero attached hydrogens (tertiary/aromatic N) is 2. The summed E-state index contributed by atoms with van der Waals surface area (Å²) in [6.45, 7) is 14.8. The summed E-state index contributed by atoms with van der Waals surface area (Å²) in [5, 5.41) is 7.55. The largest absolute Gasteiger partial charge is 3.00 e. The Morgan fingerprint density at radius 1 is 1.18 bits per heavy atom. The second-order valence-corrected chi connectivity index (χ2v) is 3.07. The first-order valence-electron chi connectivity index (χ1n) is 4.67. The Kier molecular flexibility index (Phi) is 35.8. The van der Waals surface area contributed by atoms with E-state index in [1.807, 2.05) is 12.1 Å². The smallest absolute Gasteiger partial charge is 0.545 e. The van der Waals surface area contributed by atoms with Crippen LogP contribution in [-0.4, -0.2) is 23.8 Å². The summed E-state index contributed by atoms with van der Waals surface area (Å²) in [4.78, 5) is 15.5. The van der Waals surface area contributed by atoms with E-state index in [0.717, 1.165) is 12.1 Å². The molecule has 1 heterocycles. The van der Waals surface area contributed by atoms with Gasteiger partial charge >= 0.3 is 19.5 Å². The molecule has 0 atom stereocenters. The molecule has 0 saturated carbocycles. The van der Waals surface area contributed by atoms with E-state index in [-0.39, 0.29) is 19.5 Å². The number of rotatable bonds is 1. The standard InChI is InChI=1S/C6H8N2.C4H9.2CHO.Ru/c1-2-6-4-3-5-7-8-6;1-4(2)3;2*1-2;/h3-5H,2H2,1H3;1-3H3;2*1H;/q;3*-1;+3. The predicted molar refractivity (Wildman–Crippen MR) is 65.2 cm³/mol. The molecule has 1 rings (SSSR count). The predicted octanol–water partition coefficient (Wildman–Crippen LogP) is 2.11. The second-order valence-electron chi connectivity index (χ2n) is 3.07. The van der Waals surface area contributed by atoms with E-state index in [1.54, 1.807) is 6.20 Å². The molecule has 0 saturated heterocycles. The van der Waals surface area contributed by atoms with Crippen molar-refractivity contribution in [3.8, 4) is 0 Å². The summed E-state index contributed by atoms with van der Waals surface area (Å²) < 4.78 is 0. The minimum Gasteiger partial charge on any atom is -0.545 e. The number of aryl methyl sites for hydroxylation is 1. The number of hydrogen-bond donors (Lipinski definition) is 0. The van der Waals surface area contributed by atoms with Crippen LogP contribution in [0, 0.1) is 5.92 Å². The Balaban J connectivity index is -0.0000000814. The van der Waals surface area contributed by atoms with E-state index in [9.17, 15) is 0 Å². The second kappa shape index (κ2) is 24.3. The van der Waals surface area contributed by atoms with Crippen molar-refractivity contribution in [2.45, 2.75) is 34.1 Å². The first-order chi connectivity index (χ1) is 7.66. The van der Waals surface area contributed by atoms with E-state index in [2.05, 4.69) is 51.5 Å². The van der Waals surface area contributed by atoms with Gasteiger partial charge in [0, 0.05) is 6.20 Å². The van der Waals surface area contributed by atoms with Crippen LogP contribution in [0.1, 0.15) is 33.4 Å². The van der Waals surface area contributed by atoms with E-state index >= 15 is 0 Å². The summed E-state index contributed by atoms with van der Waals surface area (Å²) in [6, 6.07) is 3.86. The van der Waals surface area contributed by atoms with Crippen molar-refractivity contribution in [3.63, 3.8) is 0 Å². The van der Waals surface area contributed by atoms with Crippen molar-refractivity contribution in [1.82, 2.24) is 10.2 Å². The molecule has 4 nitrogen and oxygen atoms in total. The Morgan fingerprint density at radius 3 is 1.76 bits per heavy atom. The Morgan fingerprint density at radius 2 is 1.59 bits per heavy atom. The summed E-state index contributed by atoms with van der Waals surface area (Å²) >= 11 is 0. The molecule has 0 spiro atoms. The van der Waals surface area contributed by atoms with E-state index in [0.29, 0.717) is 0 Å². The van der Waals surface area contributed by atoms with Crippen LogP contribution >= 0.6 is 0 Å². The van der Waals surface area contributed by atoms with Crippen molar-refractivity contribution in [2.75, 3.05) is 0 Å². The molecular weight excluding hydrogens is 305 g/mol. The van der Waals surface area contributed by atoms with Crippen LogP contribution in [0.5, 0.6) is 0 Å². The van der Waals surface area contributed by atoms with Crippen molar-refractivity contribution in [2.24, 2.45) is 0 Å². The van der Waals surface area contributed by atoms with Gasteiger partial charge < -0.3 is 15.5 Å². The van der Waals surface area contributed by atoms with Crippen LogP contribution in [-0.2, 0) is 35.5 Å². The molecule has 1 aromatic rings. The maximum absolute atomic E-state index is 7.75. The van der Waals surface area contributed by atoms with Crippen LogP contribution in [0.4, 0.5) is 0 Å². The monoisotopic (exact) mass is 325 g/mol. The Bertz CT molecular complexity index is 216. The number of carbonyl (C=O) groups excluding carboxylic acids is 2. The van der Waals surface area contributed by atoms with Gasteiger partial charge in [0.1, 0.15) is 0 Å². The van der Waals surface area contributed by atoms with Gasteiger partial charge in [0.05, 0.1) is 5.69 Å². The minimum atomic E-state index is 0. The molecule has 0 aliphatic heterocycles. The normalized spacial score (nSPS) is 6.88. The fourth-order valence-electron chi connectivity index (χ4n) is 0.522. The molecule has 97 valence electrons. The minimum absolute atomic E-state index is 0. The third kappa shape index (κ3) is 31.3. The van der Waals surface area contributed by atoms with Crippen LogP contribution < -0.4 is 0 Å². The molecule has 17 heavy (non-hydrogen) atoms. The molecule has 5 heteroatoms. The fraction of sp³-hybridized carbons (Fsp3) is 0.417. The molecule has 1 radical (unpaired) electrons. The summed E-state index contributed by atoms with van der Waals surface area (Å²) in [5.41, 5.74) is 1.05. The zero-order chi connectivity index (χ0) is 13.4. The van der Waals surface area contributed by atoms with E-state index < -0.39 is 0 Å². The zero-order valence-corrected chi connectivity index (χ0v) is 12.4. The summed E-state index contributed by atoms with van der Waals surface area (Å²) in [7, 11) is 0. The Labute approximate surface area is 117 Å². The molecule has 0 amide bonds. The Hall–Kier alpha value is -0.957. The van der Waals surface area contributed by atoms with Crippen molar-refractivity contribution in [1.29, 1.82) is 0 Å². The summed E-state index contributed by atoms with van der Waals surface area (Å²) in [6.07, 6.45) is 2.65. The van der Waals surface area contributed by atoms with Gasteiger partial charge in [0.2, 0.25) is 0 Å². The van der Waals surface area contributed by atoms with Crippen LogP contribution in [0.25, 0.3) is 0 Å². The SMILES string of the molecule is CCc1cccnn1.C[C-](C)C.[CH-]=O.[CH-]=O.[Ru+3]. The van der Waals surface area contributed by atoms with E-state index in [1.165, 1.54) is 5.92 Å². The fourth-order valence-corrected chi connectivity index (χ4v) is 0.522. The van der Waals surface area contributed by atoms with Crippen LogP contribution in [0.15, 0.2) is 18.3 Å². The molecule has 0 aliphatic carbocycles. The number of aromatic nitrogens is 2. The van der Waals surface area contributed by atoms with E-state index in [4.69, 9.17) is 9.59 Å².